The molecule has 0 bridgehead atoms. The van der Waals surface area contributed by atoms with Crippen molar-refractivity contribution in [2.24, 2.45) is 5.73 Å². The molecule has 2 aromatic rings. The molecule has 0 aliphatic rings. The highest BCUT2D eigenvalue weighted by atomic mass is 79.9. The van der Waals surface area contributed by atoms with E-state index in [2.05, 4.69) is 21.2 Å². The normalized spacial score (nSPS) is 10.2. The van der Waals surface area contributed by atoms with E-state index >= 15 is 0 Å². The van der Waals surface area contributed by atoms with Gasteiger partial charge in [-0.2, -0.15) is 0 Å². The third kappa shape index (κ3) is 3.62. The van der Waals surface area contributed by atoms with Gasteiger partial charge in [0.1, 0.15) is 0 Å². The Morgan fingerprint density at radius 3 is 2.48 bits per heavy atom. The molecule has 2 aromatic carbocycles. The number of benzene rings is 2. The van der Waals surface area contributed by atoms with Crippen LogP contribution in [0.25, 0.3) is 0 Å². The molecule has 3 N–H and O–H groups in total. The number of rotatable bonds is 3. The maximum Gasteiger partial charge on any atom is 0.256 e. The molecule has 0 aliphatic heterocycles. The minimum Gasteiger partial charge on any atom is -0.366 e. The second-order valence-corrected chi connectivity index (χ2v) is 5.76. The summed E-state index contributed by atoms with van der Waals surface area (Å²) in [6.45, 7) is 1.79. The molecule has 2 rings (SSSR count). The molecule has 0 atom stereocenters. The van der Waals surface area contributed by atoms with E-state index in [-0.39, 0.29) is 5.91 Å². The van der Waals surface area contributed by atoms with Gasteiger partial charge in [0.05, 0.1) is 5.56 Å². The van der Waals surface area contributed by atoms with E-state index < -0.39 is 5.91 Å². The fourth-order valence-electron chi connectivity index (χ4n) is 1.82. The van der Waals surface area contributed by atoms with E-state index in [9.17, 15) is 9.59 Å². The van der Waals surface area contributed by atoms with Gasteiger partial charge in [0.25, 0.3) is 5.91 Å². The molecule has 2 amide bonds. The third-order valence-corrected chi connectivity index (χ3v) is 3.83. The Hall–Kier alpha value is -1.85. The largest absolute Gasteiger partial charge is 0.366 e. The second-order valence-electron chi connectivity index (χ2n) is 4.47. The lowest BCUT2D eigenvalue weighted by Gasteiger charge is -2.10. The summed E-state index contributed by atoms with van der Waals surface area (Å²) in [5, 5.41) is 3.33. The van der Waals surface area contributed by atoms with Crippen molar-refractivity contribution in [3.8, 4) is 0 Å². The van der Waals surface area contributed by atoms with Gasteiger partial charge in [0.15, 0.2) is 0 Å². The van der Waals surface area contributed by atoms with Crippen molar-refractivity contribution in [3.05, 3.63) is 62.6 Å². The monoisotopic (exact) mass is 366 g/mol. The number of carbonyl (C=O) groups excluding carboxylic acids is 2. The topological polar surface area (TPSA) is 72.2 Å². The molecule has 0 aromatic heterocycles. The molecule has 0 heterocycles. The first-order valence-electron chi connectivity index (χ1n) is 6.05. The van der Waals surface area contributed by atoms with E-state index in [1.807, 2.05) is 0 Å². The van der Waals surface area contributed by atoms with Crippen LogP contribution in [0.4, 0.5) is 5.69 Å². The lowest BCUT2D eigenvalue weighted by molar-refractivity contribution is 0.0998. The molecule has 108 valence electrons. The first-order valence-corrected chi connectivity index (χ1v) is 7.22. The molecule has 6 heteroatoms. The van der Waals surface area contributed by atoms with Crippen molar-refractivity contribution >= 4 is 45.0 Å². The first kappa shape index (κ1) is 15.5. The van der Waals surface area contributed by atoms with Crippen LogP contribution in [0.5, 0.6) is 0 Å². The maximum absolute atomic E-state index is 12.2. The van der Waals surface area contributed by atoms with Crippen LogP contribution in [-0.2, 0) is 0 Å². The van der Waals surface area contributed by atoms with Gasteiger partial charge in [-0.15, -0.1) is 0 Å². The lowest BCUT2D eigenvalue weighted by atomic mass is 10.1. The van der Waals surface area contributed by atoms with Crippen LogP contribution in [0, 0.1) is 6.92 Å². The van der Waals surface area contributed by atoms with Crippen LogP contribution >= 0.6 is 27.5 Å². The molecular weight excluding hydrogens is 356 g/mol. The number of primary amides is 1. The van der Waals surface area contributed by atoms with E-state index in [1.54, 1.807) is 43.3 Å². The van der Waals surface area contributed by atoms with Crippen molar-refractivity contribution < 1.29 is 9.59 Å². The minimum atomic E-state index is -0.503. The first-order chi connectivity index (χ1) is 9.88. The molecule has 0 fully saturated rings. The number of carbonyl (C=O) groups is 2. The number of nitrogens with two attached hydrogens (primary N) is 1. The molecule has 0 saturated carbocycles. The lowest BCUT2D eigenvalue weighted by Crippen LogP contribution is -2.15. The maximum atomic E-state index is 12.2. The molecule has 4 nitrogen and oxygen atoms in total. The number of anilines is 1. The number of amides is 2. The number of halogens is 2. The average Bonchev–Trinajstić information content (AvgIpc) is 2.40. The summed E-state index contributed by atoms with van der Waals surface area (Å²) >= 11 is 9.15. The smallest absolute Gasteiger partial charge is 0.256 e. The van der Waals surface area contributed by atoms with Crippen molar-refractivity contribution in [2.45, 2.75) is 6.92 Å². The summed E-state index contributed by atoms with van der Waals surface area (Å²) < 4.78 is 0.610. The van der Waals surface area contributed by atoms with Gasteiger partial charge in [-0.1, -0.05) is 11.6 Å². The Balaban J connectivity index is 2.25. The van der Waals surface area contributed by atoms with Gasteiger partial charge in [-0.05, 0) is 64.8 Å². The van der Waals surface area contributed by atoms with Gasteiger partial charge < -0.3 is 11.1 Å². The van der Waals surface area contributed by atoms with Crippen LogP contribution < -0.4 is 11.1 Å². The highest BCUT2D eigenvalue weighted by Crippen LogP contribution is 2.23. The SMILES string of the molecule is Cc1cc(C(N)=O)ccc1NC(=O)c1ccc(Cl)cc1Br. The molecular formula is C15H12BrClN2O2. The van der Waals surface area contributed by atoms with E-state index in [0.29, 0.717) is 26.3 Å². The Morgan fingerprint density at radius 1 is 1.19 bits per heavy atom. The van der Waals surface area contributed by atoms with Gasteiger partial charge >= 0.3 is 0 Å². The predicted molar refractivity (Wildman–Crippen MR) is 86.8 cm³/mol. The fourth-order valence-corrected chi connectivity index (χ4v) is 2.68. The van der Waals surface area contributed by atoms with E-state index in [4.69, 9.17) is 17.3 Å². The zero-order valence-corrected chi connectivity index (χ0v) is 13.5. The highest BCUT2D eigenvalue weighted by Gasteiger charge is 2.12. The van der Waals surface area contributed by atoms with Crippen molar-refractivity contribution in [1.82, 2.24) is 0 Å². The van der Waals surface area contributed by atoms with Gasteiger partial charge in [0, 0.05) is 20.7 Å². The summed E-state index contributed by atoms with van der Waals surface area (Å²) in [5.41, 5.74) is 7.46. The highest BCUT2D eigenvalue weighted by molar-refractivity contribution is 9.10. The Morgan fingerprint density at radius 2 is 1.90 bits per heavy atom. The summed E-state index contributed by atoms with van der Waals surface area (Å²) in [4.78, 5) is 23.3. The molecule has 0 unspecified atom stereocenters. The number of hydrogen-bond acceptors (Lipinski definition) is 2. The molecule has 21 heavy (non-hydrogen) atoms. The zero-order chi connectivity index (χ0) is 15.6. The van der Waals surface area contributed by atoms with E-state index in [0.717, 1.165) is 5.56 Å². The van der Waals surface area contributed by atoms with Crippen molar-refractivity contribution in [2.75, 3.05) is 5.32 Å². The van der Waals surface area contributed by atoms with Gasteiger partial charge in [-0.25, -0.2) is 0 Å². The van der Waals surface area contributed by atoms with Crippen LogP contribution in [-0.4, -0.2) is 11.8 Å². The quantitative estimate of drug-likeness (QED) is 0.867. The Kier molecular flexibility index (Phi) is 4.65. The van der Waals surface area contributed by atoms with E-state index in [1.165, 1.54) is 0 Å². The molecule has 0 saturated heterocycles. The molecule has 0 spiro atoms. The van der Waals surface area contributed by atoms with Gasteiger partial charge in [0.2, 0.25) is 5.91 Å². The van der Waals surface area contributed by atoms with Crippen LogP contribution in [0.15, 0.2) is 40.9 Å². The van der Waals surface area contributed by atoms with Crippen LogP contribution in [0.1, 0.15) is 26.3 Å². The number of aryl methyl sites for hydroxylation is 1. The fraction of sp³-hybridized carbons (Fsp3) is 0.0667. The predicted octanol–water partition coefficient (Wildman–Crippen LogP) is 3.76. The summed E-state index contributed by atoms with van der Waals surface area (Å²) in [7, 11) is 0. The van der Waals surface area contributed by atoms with Crippen molar-refractivity contribution in [1.29, 1.82) is 0 Å². The Labute approximate surface area is 135 Å². The Bertz CT molecular complexity index is 732. The van der Waals surface area contributed by atoms with Crippen LogP contribution in [0.3, 0.4) is 0 Å². The number of nitrogens with one attached hydrogen (secondary N) is 1. The second kappa shape index (κ2) is 6.28. The van der Waals surface area contributed by atoms with Gasteiger partial charge in [-0.3, -0.25) is 9.59 Å². The summed E-state index contributed by atoms with van der Waals surface area (Å²) in [6.07, 6.45) is 0. The summed E-state index contributed by atoms with van der Waals surface area (Å²) in [5.74, 6) is -0.773. The zero-order valence-electron chi connectivity index (χ0n) is 11.1. The average molecular weight is 368 g/mol. The van der Waals surface area contributed by atoms with Crippen molar-refractivity contribution in [3.63, 3.8) is 0 Å². The summed E-state index contributed by atoms with van der Waals surface area (Å²) in [6, 6.07) is 9.78. The standard InChI is InChI=1S/C15H12BrClN2O2/c1-8-6-9(14(18)20)2-5-13(8)19-15(21)11-4-3-10(17)7-12(11)16/h2-7H,1H3,(H2,18,20)(H,19,21). The minimum absolute atomic E-state index is 0.270. The van der Waals surface area contributed by atoms with Crippen LogP contribution in [0.2, 0.25) is 5.02 Å². The molecule has 0 aliphatic carbocycles. The third-order valence-electron chi connectivity index (χ3n) is 2.93. The molecule has 0 radical (unpaired) electrons. The number of hydrogen-bond donors (Lipinski definition) is 2.